The van der Waals surface area contributed by atoms with Crippen LogP contribution in [0.5, 0.6) is 5.75 Å². The molecule has 0 aromatic heterocycles. The Hall–Kier alpha value is -2.73. The third-order valence-electron chi connectivity index (χ3n) is 4.85. The molecule has 140 valence electrons. The second kappa shape index (κ2) is 7.48. The molecule has 1 atom stereocenters. The lowest BCUT2D eigenvalue weighted by molar-refractivity contribution is -0.117. The third-order valence-corrected chi connectivity index (χ3v) is 5.10. The fourth-order valence-corrected chi connectivity index (χ4v) is 3.66. The van der Waals surface area contributed by atoms with Gasteiger partial charge in [-0.25, -0.2) is 0 Å². The van der Waals surface area contributed by atoms with Crippen molar-refractivity contribution < 1.29 is 14.3 Å². The van der Waals surface area contributed by atoms with Gasteiger partial charge >= 0.3 is 0 Å². The molecule has 0 aliphatic carbocycles. The van der Waals surface area contributed by atoms with Gasteiger partial charge in [-0.05, 0) is 55.3 Å². The molecule has 2 amide bonds. The molecule has 6 nitrogen and oxygen atoms in total. The van der Waals surface area contributed by atoms with E-state index in [1.807, 2.05) is 6.07 Å². The van der Waals surface area contributed by atoms with Crippen LogP contribution in [0.15, 0.2) is 42.5 Å². The van der Waals surface area contributed by atoms with Gasteiger partial charge in [0.05, 0.1) is 17.9 Å². The first-order chi connectivity index (χ1) is 13.1. The van der Waals surface area contributed by atoms with Crippen LogP contribution in [-0.4, -0.2) is 37.6 Å². The van der Waals surface area contributed by atoms with Crippen LogP contribution >= 0.6 is 11.6 Å². The number of anilines is 2. The first-order valence-electron chi connectivity index (χ1n) is 9.00. The van der Waals surface area contributed by atoms with E-state index in [1.54, 1.807) is 36.4 Å². The summed E-state index contributed by atoms with van der Waals surface area (Å²) < 4.78 is 5.56. The number of hydrogen-bond acceptors (Lipinski definition) is 4. The number of halogens is 1. The smallest absolute Gasteiger partial charge is 0.251 e. The van der Waals surface area contributed by atoms with Crippen LogP contribution in [-0.2, 0) is 4.79 Å². The van der Waals surface area contributed by atoms with Crippen LogP contribution in [0, 0.1) is 0 Å². The zero-order chi connectivity index (χ0) is 18.8. The summed E-state index contributed by atoms with van der Waals surface area (Å²) in [6.45, 7) is 1.60. The predicted molar refractivity (Wildman–Crippen MR) is 105 cm³/mol. The van der Waals surface area contributed by atoms with E-state index in [0.717, 1.165) is 25.1 Å². The van der Waals surface area contributed by atoms with Crippen LogP contribution < -0.4 is 20.3 Å². The summed E-state index contributed by atoms with van der Waals surface area (Å²) in [6, 6.07) is 12.4. The van der Waals surface area contributed by atoms with Crippen molar-refractivity contribution in [3.63, 3.8) is 0 Å². The summed E-state index contributed by atoms with van der Waals surface area (Å²) in [7, 11) is 0. The van der Waals surface area contributed by atoms with Gasteiger partial charge in [0, 0.05) is 17.1 Å². The van der Waals surface area contributed by atoms with Crippen molar-refractivity contribution in [3.8, 4) is 5.75 Å². The number of hydrogen-bond donors (Lipinski definition) is 2. The van der Waals surface area contributed by atoms with Crippen molar-refractivity contribution >= 4 is 34.8 Å². The summed E-state index contributed by atoms with van der Waals surface area (Å²) >= 11 is 5.83. The predicted octanol–water partition coefficient (Wildman–Crippen LogP) is 3.07. The van der Waals surface area contributed by atoms with Crippen LogP contribution in [0.25, 0.3) is 0 Å². The van der Waals surface area contributed by atoms with Gasteiger partial charge in [-0.3, -0.25) is 9.59 Å². The molecule has 0 unspecified atom stereocenters. The summed E-state index contributed by atoms with van der Waals surface area (Å²) in [5.74, 6) is 0.509. The molecule has 2 heterocycles. The van der Waals surface area contributed by atoms with Crippen molar-refractivity contribution in [1.82, 2.24) is 5.32 Å². The number of amides is 2. The number of nitrogens with zero attached hydrogens (tertiary/aromatic N) is 1. The fraction of sp³-hybridized carbons (Fsp3) is 0.300. The molecule has 27 heavy (non-hydrogen) atoms. The SMILES string of the molecule is O=C(NCCOc1ccc(Cl)cc1)c1ccc2c(c1)NC(=O)[C@H]1CCCN21. The second-order valence-electron chi connectivity index (χ2n) is 6.63. The van der Waals surface area contributed by atoms with E-state index in [0.29, 0.717) is 35.2 Å². The van der Waals surface area contributed by atoms with E-state index >= 15 is 0 Å². The molecule has 1 fully saturated rings. The quantitative estimate of drug-likeness (QED) is 0.776. The van der Waals surface area contributed by atoms with Gasteiger partial charge in [0.15, 0.2) is 0 Å². The number of fused-ring (bicyclic) bond motifs is 3. The van der Waals surface area contributed by atoms with Crippen LogP contribution in [0.2, 0.25) is 5.02 Å². The molecule has 7 heteroatoms. The van der Waals surface area contributed by atoms with Gasteiger partial charge in [-0.15, -0.1) is 0 Å². The molecule has 1 saturated heterocycles. The maximum atomic E-state index is 12.4. The number of rotatable bonds is 5. The van der Waals surface area contributed by atoms with Crippen molar-refractivity contribution in [1.29, 1.82) is 0 Å². The van der Waals surface area contributed by atoms with Crippen LogP contribution in [0.1, 0.15) is 23.2 Å². The minimum Gasteiger partial charge on any atom is -0.492 e. The Morgan fingerprint density at radius 1 is 1.26 bits per heavy atom. The molecule has 0 saturated carbocycles. The first kappa shape index (κ1) is 17.7. The number of benzene rings is 2. The zero-order valence-corrected chi connectivity index (χ0v) is 15.5. The van der Waals surface area contributed by atoms with Crippen molar-refractivity contribution in [2.75, 3.05) is 29.9 Å². The average Bonchev–Trinajstić information content (AvgIpc) is 3.17. The van der Waals surface area contributed by atoms with Crippen LogP contribution in [0.3, 0.4) is 0 Å². The Morgan fingerprint density at radius 3 is 2.89 bits per heavy atom. The standard InChI is InChI=1S/C20H20ClN3O3/c21-14-4-6-15(7-5-14)27-11-9-22-19(25)13-3-8-17-16(12-13)23-20(26)18-2-1-10-24(17)18/h3-8,12,18H,1-2,9-11H2,(H,22,25)(H,23,26)/t18-/m1/s1. The monoisotopic (exact) mass is 385 g/mol. The van der Waals surface area contributed by atoms with Gasteiger partial charge < -0.3 is 20.3 Å². The van der Waals surface area contributed by atoms with Crippen LogP contribution in [0.4, 0.5) is 11.4 Å². The summed E-state index contributed by atoms with van der Waals surface area (Å²) in [6.07, 6.45) is 1.88. The Bertz CT molecular complexity index is 869. The van der Waals surface area contributed by atoms with Gasteiger partial charge in [0.25, 0.3) is 5.91 Å². The Balaban J connectivity index is 1.35. The van der Waals surface area contributed by atoms with E-state index in [4.69, 9.17) is 16.3 Å². The Morgan fingerprint density at radius 2 is 2.07 bits per heavy atom. The highest BCUT2D eigenvalue weighted by Crippen LogP contribution is 2.37. The normalized spacial score (nSPS) is 17.7. The lowest BCUT2D eigenvalue weighted by atomic mass is 10.1. The maximum absolute atomic E-state index is 12.4. The van der Waals surface area contributed by atoms with Gasteiger partial charge in [0.2, 0.25) is 5.91 Å². The lowest BCUT2D eigenvalue weighted by Gasteiger charge is -2.33. The summed E-state index contributed by atoms with van der Waals surface area (Å²) in [5.41, 5.74) is 2.20. The van der Waals surface area contributed by atoms with E-state index < -0.39 is 0 Å². The van der Waals surface area contributed by atoms with E-state index in [1.165, 1.54) is 0 Å². The van der Waals surface area contributed by atoms with Gasteiger partial charge in [0.1, 0.15) is 18.4 Å². The van der Waals surface area contributed by atoms with Crippen molar-refractivity contribution in [2.45, 2.75) is 18.9 Å². The minimum absolute atomic E-state index is 0.00826. The number of ether oxygens (including phenoxy) is 1. The van der Waals surface area contributed by atoms with Crippen molar-refractivity contribution in [3.05, 3.63) is 53.1 Å². The zero-order valence-electron chi connectivity index (χ0n) is 14.7. The van der Waals surface area contributed by atoms with E-state index in [2.05, 4.69) is 15.5 Å². The number of carbonyl (C=O) groups excluding carboxylic acids is 2. The average molecular weight is 386 g/mol. The Labute approximate surface area is 162 Å². The minimum atomic E-state index is -0.199. The van der Waals surface area contributed by atoms with Gasteiger partial charge in [-0.2, -0.15) is 0 Å². The summed E-state index contributed by atoms with van der Waals surface area (Å²) in [5, 5.41) is 6.40. The topological polar surface area (TPSA) is 70.7 Å². The molecule has 2 aliphatic rings. The first-order valence-corrected chi connectivity index (χ1v) is 9.38. The largest absolute Gasteiger partial charge is 0.492 e. The second-order valence-corrected chi connectivity index (χ2v) is 7.07. The Kier molecular flexibility index (Phi) is 4.90. The molecule has 4 rings (SSSR count). The third kappa shape index (κ3) is 3.71. The highest BCUT2D eigenvalue weighted by molar-refractivity contribution is 6.30. The van der Waals surface area contributed by atoms with E-state index in [9.17, 15) is 9.59 Å². The molecule has 2 aromatic rings. The number of nitrogens with one attached hydrogen (secondary N) is 2. The van der Waals surface area contributed by atoms with Gasteiger partial charge in [-0.1, -0.05) is 11.6 Å². The molecule has 2 aromatic carbocycles. The van der Waals surface area contributed by atoms with Crippen molar-refractivity contribution in [2.24, 2.45) is 0 Å². The maximum Gasteiger partial charge on any atom is 0.251 e. The molecule has 0 bridgehead atoms. The molecule has 2 N–H and O–H groups in total. The molecule has 2 aliphatic heterocycles. The highest BCUT2D eigenvalue weighted by atomic mass is 35.5. The fourth-order valence-electron chi connectivity index (χ4n) is 3.54. The molecular weight excluding hydrogens is 366 g/mol. The molecular formula is C20H20ClN3O3. The summed E-state index contributed by atoms with van der Waals surface area (Å²) in [4.78, 5) is 26.7. The highest BCUT2D eigenvalue weighted by Gasteiger charge is 2.36. The molecule has 0 spiro atoms. The molecule has 0 radical (unpaired) electrons. The lowest BCUT2D eigenvalue weighted by Crippen LogP contribution is -2.44. The van der Waals surface area contributed by atoms with E-state index in [-0.39, 0.29) is 17.9 Å². The number of carbonyl (C=O) groups is 2.